The largest absolute Gasteiger partial charge is 0.333 e. The van der Waals surface area contributed by atoms with Gasteiger partial charge in [-0.1, -0.05) is 32.0 Å². The number of nitrogens with two attached hydrogens (primary N) is 1. The molecule has 0 saturated carbocycles. The molecule has 0 radical (unpaired) electrons. The van der Waals surface area contributed by atoms with Gasteiger partial charge in [0.05, 0.1) is 6.04 Å². The number of hydrogen-bond donors (Lipinski definition) is 1. The van der Waals surface area contributed by atoms with E-state index in [0.29, 0.717) is 18.0 Å². The van der Waals surface area contributed by atoms with Crippen molar-refractivity contribution in [3.05, 3.63) is 53.9 Å². The van der Waals surface area contributed by atoms with Crippen LogP contribution in [-0.4, -0.2) is 9.55 Å². The maximum absolute atomic E-state index is 13.6. The zero-order valence-corrected chi connectivity index (χ0v) is 10.7. The van der Waals surface area contributed by atoms with Crippen molar-refractivity contribution in [1.29, 1.82) is 0 Å². The fourth-order valence-electron chi connectivity index (χ4n) is 2.06. The van der Waals surface area contributed by atoms with Crippen LogP contribution in [0.5, 0.6) is 0 Å². The molecule has 0 bridgehead atoms. The van der Waals surface area contributed by atoms with Gasteiger partial charge in [0.15, 0.2) is 0 Å². The zero-order chi connectivity index (χ0) is 13.1. The monoisotopic (exact) mass is 247 g/mol. The van der Waals surface area contributed by atoms with Crippen LogP contribution in [-0.2, 0) is 6.54 Å². The number of halogens is 1. The molecule has 2 aromatic rings. The Bertz CT molecular complexity index is 519. The first-order valence-corrected chi connectivity index (χ1v) is 6.10. The first kappa shape index (κ1) is 12.8. The van der Waals surface area contributed by atoms with Crippen molar-refractivity contribution in [3.63, 3.8) is 0 Å². The summed E-state index contributed by atoms with van der Waals surface area (Å²) in [5.74, 6) is 1.05. The van der Waals surface area contributed by atoms with Crippen LogP contribution in [0.2, 0.25) is 0 Å². The molecule has 1 heterocycles. The van der Waals surface area contributed by atoms with Crippen LogP contribution in [0.15, 0.2) is 36.7 Å². The van der Waals surface area contributed by atoms with Crippen molar-refractivity contribution in [3.8, 4) is 0 Å². The van der Waals surface area contributed by atoms with Crippen molar-refractivity contribution in [1.82, 2.24) is 9.55 Å². The lowest BCUT2D eigenvalue weighted by Crippen LogP contribution is -2.20. The molecule has 0 aliphatic rings. The van der Waals surface area contributed by atoms with Crippen LogP contribution in [0.3, 0.4) is 0 Å². The fourth-order valence-corrected chi connectivity index (χ4v) is 2.06. The van der Waals surface area contributed by atoms with Crippen LogP contribution in [0.4, 0.5) is 4.39 Å². The van der Waals surface area contributed by atoms with Gasteiger partial charge in [0.25, 0.3) is 0 Å². The Morgan fingerprint density at radius 1 is 1.33 bits per heavy atom. The van der Waals surface area contributed by atoms with E-state index >= 15 is 0 Å². The van der Waals surface area contributed by atoms with E-state index in [9.17, 15) is 4.39 Å². The highest BCUT2D eigenvalue weighted by Gasteiger charge is 2.14. The van der Waals surface area contributed by atoms with E-state index < -0.39 is 0 Å². The van der Waals surface area contributed by atoms with E-state index in [1.54, 1.807) is 24.4 Å². The van der Waals surface area contributed by atoms with Crippen molar-refractivity contribution >= 4 is 0 Å². The number of benzene rings is 1. The molecular weight excluding hydrogens is 229 g/mol. The lowest BCUT2D eigenvalue weighted by atomic mass is 10.1. The molecule has 1 aromatic carbocycles. The van der Waals surface area contributed by atoms with Gasteiger partial charge in [-0.15, -0.1) is 0 Å². The Morgan fingerprint density at radius 2 is 2.06 bits per heavy atom. The van der Waals surface area contributed by atoms with Crippen LogP contribution in [0, 0.1) is 5.82 Å². The molecule has 1 unspecified atom stereocenters. The van der Waals surface area contributed by atoms with Crippen molar-refractivity contribution in [2.45, 2.75) is 32.4 Å². The number of imidazole rings is 1. The summed E-state index contributed by atoms with van der Waals surface area (Å²) in [6, 6.07) is 6.27. The highest BCUT2D eigenvalue weighted by molar-refractivity contribution is 5.21. The molecule has 0 spiro atoms. The third kappa shape index (κ3) is 2.59. The second-order valence-electron chi connectivity index (χ2n) is 4.72. The minimum Gasteiger partial charge on any atom is -0.333 e. The summed E-state index contributed by atoms with van der Waals surface area (Å²) in [4.78, 5) is 4.30. The number of nitrogens with zero attached hydrogens (tertiary/aromatic N) is 2. The van der Waals surface area contributed by atoms with Gasteiger partial charge in [0.1, 0.15) is 11.6 Å². The molecule has 0 amide bonds. The zero-order valence-electron chi connectivity index (χ0n) is 10.7. The normalized spacial score (nSPS) is 12.9. The van der Waals surface area contributed by atoms with Crippen LogP contribution >= 0.6 is 0 Å². The molecule has 1 aromatic heterocycles. The van der Waals surface area contributed by atoms with Crippen molar-refractivity contribution in [2.75, 3.05) is 0 Å². The maximum atomic E-state index is 13.6. The minimum absolute atomic E-state index is 0.254. The van der Waals surface area contributed by atoms with Gasteiger partial charge in [-0.05, 0) is 6.07 Å². The molecular formula is C14H18FN3. The van der Waals surface area contributed by atoms with Crippen molar-refractivity contribution < 1.29 is 4.39 Å². The van der Waals surface area contributed by atoms with E-state index in [-0.39, 0.29) is 11.9 Å². The van der Waals surface area contributed by atoms with Gasteiger partial charge in [-0.2, -0.15) is 0 Å². The SMILES string of the molecule is CC(C)c1nccn1CC(N)c1ccccc1F. The summed E-state index contributed by atoms with van der Waals surface area (Å²) < 4.78 is 15.6. The lowest BCUT2D eigenvalue weighted by molar-refractivity contribution is 0.513. The van der Waals surface area contributed by atoms with Gasteiger partial charge in [-0.25, -0.2) is 9.37 Å². The second kappa shape index (κ2) is 5.31. The van der Waals surface area contributed by atoms with Gasteiger partial charge in [-0.3, -0.25) is 0 Å². The second-order valence-corrected chi connectivity index (χ2v) is 4.72. The molecule has 0 aliphatic carbocycles. The molecule has 18 heavy (non-hydrogen) atoms. The van der Waals surface area contributed by atoms with E-state index in [1.807, 2.05) is 10.8 Å². The molecule has 0 saturated heterocycles. The number of hydrogen-bond acceptors (Lipinski definition) is 2. The molecule has 0 fully saturated rings. The summed E-state index contributed by atoms with van der Waals surface area (Å²) in [7, 11) is 0. The summed E-state index contributed by atoms with van der Waals surface area (Å²) >= 11 is 0. The molecule has 2 N–H and O–H groups in total. The molecule has 0 aliphatic heterocycles. The van der Waals surface area contributed by atoms with E-state index in [2.05, 4.69) is 18.8 Å². The van der Waals surface area contributed by atoms with E-state index in [0.717, 1.165) is 5.82 Å². The third-order valence-electron chi connectivity index (χ3n) is 2.96. The molecule has 2 rings (SSSR count). The van der Waals surface area contributed by atoms with E-state index in [1.165, 1.54) is 6.07 Å². The fraction of sp³-hybridized carbons (Fsp3) is 0.357. The van der Waals surface area contributed by atoms with Crippen LogP contribution in [0.1, 0.15) is 37.2 Å². The quantitative estimate of drug-likeness (QED) is 0.902. The predicted molar refractivity (Wildman–Crippen MR) is 69.6 cm³/mol. The number of aromatic nitrogens is 2. The standard InChI is InChI=1S/C14H18FN3/c1-10(2)14-17-7-8-18(14)9-13(16)11-5-3-4-6-12(11)15/h3-8,10,13H,9,16H2,1-2H3. The highest BCUT2D eigenvalue weighted by atomic mass is 19.1. The first-order valence-electron chi connectivity index (χ1n) is 6.10. The molecule has 4 heteroatoms. The van der Waals surface area contributed by atoms with E-state index in [4.69, 9.17) is 5.73 Å². The average molecular weight is 247 g/mol. The van der Waals surface area contributed by atoms with Gasteiger partial charge in [0.2, 0.25) is 0 Å². The Kier molecular flexibility index (Phi) is 3.77. The average Bonchev–Trinajstić information content (AvgIpc) is 2.77. The highest BCUT2D eigenvalue weighted by Crippen LogP contribution is 2.19. The predicted octanol–water partition coefficient (Wildman–Crippen LogP) is 2.85. The minimum atomic E-state index is -0.363. The summed E-state index contributed by atoms with van der Waals surface area (Å²) in [5.41, 5.74) is 6.61. The Labute approximate surface area is 106 Å². The molecule has 1 atom stereocenters. The first-order chi connectivity index (χ1) is 8.59. The van der Waals surface area contributed by atoms with Gasteiger partial charge < -0.3 is 10.3 Å². The van der Waals surface area contributed by atoms with Crippen molar-refractivity contribution in [2.24, 2.45) is 5.73 Å². The topological polar surface area (TPSA) is 43.8 Å². The third-order valence-corrected chi connectivity index (χ3v) is 2.96. The summed E-state index contributed by atoms with van der Waals surface area (Å²) in [5, 5.41) is 0. The van der Waals surface area contributed by atoms with Crippen LogP contribution < -0.4 is 5.73 Å². The maximum Gasteiger partial charge on any atom is 0.128 e. The number of rotatable bonds is 4. The van der Waals surface area contributed by atoms with Gasteiger partial charge >= 0.3 is 0 Å². The summed E-state index contributed by atoms with van der Waals surface area (Å²) in [6.07, 6.45) is 3.64. The Morgan fingerprint density at radius 3 is 2.72 bits per heavy atom. The lowest BCUT2D eigenvalue weighted by Gasteiger charge is -2.16. The smallest absolute Gasteiger partial charge is 0.128 e. The Balaban J connectivity index is 2.19. The molecule has 96 valence electrons. The van der Waals surface area contributed by atoms with Gasteiger partial charge in [0, 0.05) is 30.4 Å². The molecule has 3 nitrogen and oxygen atoms in total. The van der Waals surface area contributed by atoms with Crippen LogP contribution in [0.25, 0.3) is 0 Å². The summed E-state index contributed by atoms with van der Waals surface area (Å²) in [6.45, 7) is 4.69. The Hall–Kier alpha value is -1.68.